The number of nitrogens with one attached hydrogen (secondary N) is 1. The highest BCUT2D eigenvalue weighted by atomic mass is 15.1. The van der Waals surface area contributed by atoms with Crippen LogP contribution in [0.3, 0.4) is 0 Å². The van der Waals surface area contributed by atoms with Crippen molar-refractivity contribution < 1.29 is 0 Å². The molecule has 1 aliphatic rings. The Hall–Kier alpha value is -2.82. The number of nitrogens with zero attached hydrogens (tertiary/aromatic N) is 2. The van der Waals surface area contributed by atoms with Crippen molar-refractivity contribution in [1.29, 1.82) is 0 Å². The van der Waals surface area contributed by atoms with Crippen molar-refractivity contribution in [2.45, 2.75) is 6.42 Å². The van der Waals surface area contributed by atoms with Crippen molar-refractivity contribution in [1.82, 2.24) is 10.2 Å². The van der Waals surface area contributed by atoms with Gasteiger partial charge in [0.2, 0.25) is 0 Å². The van der Waals surface area contributed by atoms with Crippen molar-refractivity contribution in [3.63, 3.8) is 0 Å². The van der Waals surface area contributed by atoms with E-state index in [4.69, 9.17) is 11.5 Å². The normalized spacial score (nSPS) is 13.5. The van der Waals surface area contributed by atoms with Gasteiger partial charge in [0.25, 0.3) is 0 Å². The van der Waals surface area contributed by atoms with E-state index < -0.39 is 0 Å². The number of aliphatic imine (C=N–C) groups is 1. The molecule has 98 valence electrons. The Kier molecular flexibility index (Phi) is 2.12. The Morgan fingerprint density at radius 2 is 2.00 bits per heavy atom. The maximum absolute atomic E-state index is 5.96. The van der Waals surface area contributed by atoms with E-state index in [1.165, 1.54) is 5.56 Å². The molecule has 0 fully saturated rings. The summed E-state index contributed by atoms with van der Waals surface area (Å²) in [5, 5.41) is 7.95. The molecule has 0 saturated heterocycles. The lowest BCUT2D eigenvalue weighted by atomic mass is 9.99. The first-order valence-corrected chi connectivity index (χ1v) is 6.41. The molecule has 4 rings (SSSR count). The monoisotopic (exact) mass is 263 g/mol. The number of H-pyrrole nitrogens is 1. The zero-order valence-electron chi connectivity index (χ0n) is 10.7. The number of aromatic nitrogens is 2. The van der Waals surface area contributed by atoms with Crippen molar-refractivity contribution in [3.05, 3.63) is 42.0 Å². The van der Waals surface area contributed by atoms with Crippen LogP contribution >= 0.6 is 0 Å². The number of nitrogens with two attached hydrogens (primary N) is 2. The topological polar surface area (TPSA) is 93.1 Å². The van der Waals surface area contributed by atoms with Crippen molar-refractivity contribution in [3.8, 4) is 11.1 Å². The Bertz CT molecular complexity index is 860. The number of hydrogen-bond donors (Lipinski definition) is 3. The van der Waals surface area contributed by atoms with Crippen LogP contribution in [0.4, 0.5) is 11.5 Å². The number of hydrogen-bond acceptors (Lipinski definition) is 4. The standard InChI is InChI=1S/C15H13N5/c16-13-7-9-5-4-8(6-12(9)18-13)10-2-1-3-11-14(10)15(17)20-19-11/h1-6H,7H2,(H2,16,18)(H3,17,19,20). The van der Waals surface area contributed by atoms with Gasteiger partial charge in [-0.05, 0) is 28.8 Å². The van der Waals surface area contributed by atoms with E-state index in [2.05, 4.69) is 33.4 Å². The molecule has 0 amide bonds. The third kappa shape index (κ3) is 1.50. The van der Waals surface area contributed by atoms with E-state index in [-0.39, 0.29) is 0 Å². The van der Waals surface area contributed by atoms with E-state index in [1.54, 1.807) is 0 Å². The number of aromatic amines is 1. The van der Waals surface area contributed by atoms with Gasteiger partial charge in [-0.2, -0.15) is 5.10 Å². The molecule has 0 bridgehead atoms. The molecular formula is C15H13N5. The molecule has 1 aliphatic heterocycles. The van der Waals surface area contributed by atoms with E-state index in [9.17, 15) is 0 Å². The summed E-state index contributed by atoms with van der Waals surface area (Å²) in [6.45, 7) is 0. The van der Waals surface area contributed by atoms with Crippen LogP contribution in [0.1, 0.15) is 5.56 Å². The fraction of sp³-hybridized carbons (Fsp3) is 0.0667. The van der Waals surface area contributed by atoms with Gasteiger partial charge in [0.1, 0.15) is 5.84 Å². The molecule has 0 unspecified atom stereocenters. The number of anilines is 1. The first-order chi connectivity index (χ1) is 9.72. The predicted molar refractivity (Wildman–Crippen MR) is 80.9 cm³/mol. The molecule has 0 saturated carbocycles. The molecule has 20 heavy (non-hydrogen) atoms. The first kappa shape index (κ1) is 11.0. The maximum Gasteiger partial charge on any atom is 0.153 e. The summed E-state index contributed by atoms with van der Waals surface area (Å²) < 4.78 is 0. The van der Waals surface area contributed by atoms with E-state index in [0.717, 1.165) is 34.1 Å². The highest BCUT2D eigenvalue weighted by Gasteiger charge is 2.15. The van der Waals surface area contributed by atoms with Gasteiger partial charge in [0.05, 0.1) is 16.6 Å². The molecule has 5 N–H and O–H groups in total. The average Bonchev–Trinajstić information content (AvgIpc) is 3.00. The fourth-order valence-corrected chi connectivity index (χ4v) is 2.71. The molecule has 5 heteroatoms. The van der Waals surface area contributed by atoms with Gasteiger partial charge < -0.3 is 11.5 Å². The molecule has 0 atom stereocenters. The van der Waals surface area contributed by atoms with Crippen LogP contribution in [0.15, 0.2) is 41.4 Å². The summed E-state index contributed by atoms with van der Waals surface area (Å²) in [6.07, 6.45) is 0.730. The highest BCUT2D eigenvalue weighted by molar-refractivity contribution is 6.02. The largest absolute Gasteiger partial charge is 0.387 e. The minimum Gasteiger partial charge on any atom is -0.387 e. The van der Waals surface area contributed by atoms with E-state index >= 15 is 0 Å². The minimum atomic E-state index is 0.513. The number of benzene rings is 2. The molecular weight excluding hydrogens is 250 g/mol. The van der Waals surface area contributed by atoms with Crippen LogP contribution < -0.4 is 11.5 Å². The van der Waals surface area contributed by atoms with Crippen molar-refractivity contribution in [2.24, 2.45) is 10.7 Å². The molecule has 0 aliphatic carbocycles. The van der Waals surface area contributed by atoms with Gasteiger partial charge in [0.15, 0.2) is 5.82 Å². The van der Waals surface area contributed by atoms with E-state index in [1.807, 2.05) is 18.2 Å². The maximum atomic E-state index is 5.96. The third-order valence-corrected chi connectivity index (χ3v) is 3.65. The molecule has 0 radical (unpaired) electrons. The second kappa shape index (κ2) is 3.84. The summed E-state index contributed by atoms with van der Waals surface area (Å²) in [7, 11) is 0. The summed E-state index contributed by atoms with van der Waals surface area (Å²) in [4.78, 5) is 4.37. The number of rotatable bonds is 1. The Morgan fingerprint density at radius 1 is 1.10 bits per heavy atom. The van der Waals surface area contributed by atoms with Gasteiger partial charge in [-0.1, -0.05) is 24.3 Å². The van der Waals surface area contributed by atoms with Crippen LogP contribution in [-0.4, -0.2) is 16.0 Å². The average molecular weight is 263 g/mol. The van der Waals surface area contributed by atoms with Crippen LogP contribution in [0.2, 0.25) is 0 Å². The summed E-state index contributed by atoms with van der Waals surface area (Å²) in [5.74, 6) is 1.18. The summed E-state index contributed by atoms with van der Waals surface area (Å²) >= 11 is 0. The quantitative estimate of drug-likeness (QED) is 0.629. The second-order valence-electron chi connectivity index (χ2n) is 4.96. The SMILES string of the molecule is NC1=Nc2cc(-c3cccc4[nH]nc(N)c34)ccc2C1. The van der Waals surface area contributed by atoms with Crippen LogP contribution in [0.5, 0.6) is 0 Å². The zero-order chi connectivity index (χ0) is 13.7. The van der Waals surface area contributed by atoms with Crippen LogP contribution in [-0.2, 0) is 6.42 Å². The van der Waals surface area contributed by atoms with Gasteiger partial charge in [0, 0.05) is 6.42 Å². The number of amidine groups is 1. The van der Waals surface area contributed by atoms with Crippen molar-refractivity contribution >= 4 is 28.2 Å². The molecule has 0 spiro atoms. The van der Waals surface area contributed by atoms with Gasteiger partial charge in [-0.25, -0.2) is 4.99 Å². The second-order valence-corrected chi connectivity index (χ2v) is 4.96. The first-order valence-electron chi connectivity index (χ1n) is 6.41. The third-order valence-electron chi connectivity index (χ3n) is 3.65. The minimum absolute atomic E-state index is 0.513. The lowest BCUT2D eigenvalue weighted by Crippen LogP contribution is -2.09. The highest BCUT2D eigenvalue weighted by Crippen LogP contribution is 2.35. The molecule has 2 aromatic carbocycles. The summed E-state index contributed by atoms with van der Waals surface area (Å²) in [6, 6.07) is 12.2. The molecule has 5 nitrogen and oxygen atoms in total. The van der Waals surface area contributed by atoms with Crippen LogP contribution in [0, 0.1) is 0 Å². The molecule has 1 aromatic heterocycles. The van der Waals surface area contributed by atoms with Crippen molar-refractivity contribution in [2.75, 3.05) is 5.73 Å². The van der Waals surface area contributed by atoms with Gasteiger partial charge >= 0.3 is 0 Å². The van der Waals surface area contributed by atoms with Crippen LogP contribution in [0.25, 0.3) is 22.0 Å². The van der Waals surface area contributed by atoms with E-state index in [0.29, 0.717) is 11.7 Å². The lowest BCUT2D eigenvalue weighted by molar-refractivity contribution is 1.13. The zero-order valence-corrected chi connectivity index (χ0v) is 10.7. The number of fused-ring (bicyclic) bond motifs is 2. The Balaban J connectivity index is 1.96. The molecule has 3 aromatic rings. The lowest BCUT2D eigenvalue weighted by Gasteiger charge is -2.06. The van der Waals surface area contributed by atoms with Gasteiger partial charge in [-0.3, -0.25) is 5.10 Å². The fourth-order valence-electron chi connectivity index (χ4n) is 2.71. The molecule has 2 heterocycles. The predicted octanol–water partition coefficient (Wildman–Crippen LogP) is 2.36. The summed E-state index contributed by atoms with van der Waals surface area (Å²) in [5.41, 5.74) is 16.9. The smallest absolute Gasteiger partial charge is 0.153 e. The Labute approximate surface area is 115 Å². The Morgan fingerprint density at radius 3 is 2.90 bits per heavy atom. The van der Waals surface area contributed by atoms with Gasteiger partial charge in [-0.15, -0.1) is 0 Å². The number of nitrogen functional groups attached to an aromatic ring is 1.